The molecule has 0 saturated heterocycles. The summed E-state index contributed by atoms with van der Waals surface area (Å²) in [4.78, 5) is 21.6. The lowest BCUT2D eigenvalue weighted by Crippen LogP contribution is -2.20. The van der Waals surface area contributed by atoms with Gasteiger partial charge in [0.05, 0.1) is 20.3 Å². The van der Waals surface area contributed by atoms with Gasteiger partial charge in [0.2, 0.25) is 5.76 Å². The monoisotopic (exact) mass is 242 g/mol. The molecule has 0 saturated carbocycles. The lowest BCUT2D eigenvalue weighted by atomic mass is 10.4. The van der Waals surface area contributed by atoms with E-state index in [4.69, 9.17) is 0 Å². The highest BCUT2D eigenvalue weighted by atomic mass is 19.4. The van der Waals surface area contributed by atoms with E-state index in [-0.39, 0.29) is 0 Å². The Bertz CT molecular complexity index is 295. The van der Waals surface area contributed by atoms with Crippen LogP contribution in [-0.4, -0.2) is 38.9 Å². The maximum absolute atomic E-state index is 11.8. The van der Waals surface area contributed by atoms with Crippen molar-refractivity contribution in [3.05, 3.63) is 11.8 Å². The fourth-order valence-corrected chi connectivity index (χ4v) is 0.586. The van der Waals surface area contributed by atoms with Crippen LogP contribution < -0.4 is 0 Å². The Kier molecular flexibility index (Phi) is 5.34. The molecule has 0 heterocycles. The third kappa shape index (κ3) is 5.89. The van der Waals surface area contributed by atoms with Gasteiger partial charge in [-0.05, 0) is 0 Å². The molecule has 0 aromatic heterocycles. The minimum atomic E-state index is -4.62. The second-order valence-electron chi connectivity index (χ2n) is 2.43. The summed E-state index contributed by atoms with van der Waals surface area (Å²) in [6, 6.07) is 0. The van der Waals surface area contributed by atoms with Crippen LogP contribution >= 0.6 is 0 Å². The minimum Gasteiger partial charge on any atom is -0.477 e. The molecular formula is C8H9F3O5. The van der Waals surface area contributed by atoms with Gasteiger partial charge < -0.3 is 14.2 Å². The van der Waals surface area contributed by atoms with E-state index in [0.29, 0.717) is 6.08 Å². The second kappa shape index (κ2) is 5.99. The van der Waals surface area contributed by atoms with Crippen LogP contribution in [0.5, 0.6) is 0 Å². The van der Waals surface area contributed by atoms with Crippen LogP contribution in [0.2, 0.25) is 0 Å². The maximum Gasteiger partial charge on any atom is 0.422 e. The summed E-state index contributed by atoms with van der Waals surface area (Å²) in [5, 5.41) is 0. The van der Waals surface area contributed by atoms with Gasteiger partial charge in [0.15, 0.2) is 6.61 Å². The van der Waals surface area contributed by atoms with Gasteiger partial charge in [0, 0.05) is 0 Å². The molecule has 0 radical (unpaired) electrons. The number of ether oxygens (including phenoxy) is 3. The Morgan fingerprint density at radius 2 is 1.75 bits per heavy atom. The molecular weight excluding hydrogens is 233 g/mol. The number of methoxy groups -OCH3 is 2. The average Bonchev–Trinajstić information content (AvgIpc) is 2.21. The van der Waals surface area contributed by atoms with E-state index in [2.05, 4.69) is 14.2 Å². The summed E-state index contributed by atoms with van der Waals surface area (Å²) in [7, 11) is 1.93. The highest BCUT2D eigenvalue weighted by Crippen LogP contribution is 2.16. The van der Waals surface area contributed by atoms with Crippen molar-refractivity contribution in [2.45, 2.75) is 6.18 Å². The van der Waals surface area contributed by atoms with Gasteiger partial charge in [-0.1, -0.05) is 0 Å². The SMILES string of the molecule is COC(=O)/C=C(/OCC(F)(F)F)C(=O)OC. The van der Waals surface area contributed by atoms with Crippen LogP contribution in [0.15, 0.2) is 11.8 Å². The number of esters is 2. The fraction of sp³-hybridized carbons (Fsp3) is 0.500. The van der Waals surface area contributed by atoms with Crippen LogP contribution in [0, 0.1) is 0 Å². The third-order valence-electron chi connectivity index (χ3n) is 1.23. The standard InChI is InChI=1S/C8H9F3O5/c1-14-6(12)3-5(7(13)15-2)16-4-8(9,10)11/h3H,4H2,1-2H3/b5-3+. The third-order valence-corrected chi connectivity index (χ3v) is 1.23. The van der Waals surface area contributed by atoms with Gasteiger partial charge in [-0.2, -0.15) is 13.2 Å². The molecule has 0 N–H and O–H groups in total. The van der Waals surface area contributed by atoms with E-state index in [1.165, 1.54) is 0 Å². The first-order chi connectivity index (χ1) is 7.30. The van der Waals surface area contributed by atoms with Crippen LogP contribution in [0.3, 0.4) is 0 Å². The summed E-state index contributed by atoms with van der Waals surface area (Å²) in [6.45, 7) is -1.70. The van der Waals surface area contributed by atoms with Gasteiger partial charge in [0.25, 0.3) is 0 Å². The van der Waals surface area contributed by atoms with E-state index in [0.717, 1.165) is 14.2 Å². The number of carbonyl (C=O) groups excluding carboxylic acids is 2. The van der Waals surface area contributed by atoms with Crippen molar-refractivity contribution >= 4 is 11.9 Å². The van der Waals surface area contributed by atoms with Crippen molar-refractivity contribution in [2.24, 2.45) is 0 Å². The van der Waals surface area contributed by atoms with Gasteiger partial charge in [0.1, 0.15) is 0 Å². The van der Waals surface area contributed by atoms with Crippen molar-refractivity contribution in [3.8, 4) is 0 Å². The first kappa shape index (κ1) is 14.3. The molecule has 0 aliphatic heterocycles. The zero-order chi connectivity index (χ0) is 12.8. The molecule has 0 bridgehead atoms. The number of carbonyl (C=O) groups is 2. The van der Waals surface area contributed by atoms with Crippen molar-refractivity contribution < 1.29 is 37.0 Å². The molecule has 8 heteroatoms. The van der Waals surface area contributed by atoms with Crippen LogP contribution in [0.1, 0.15) is 0 Å². The zero-order valence-corrected chi connectivity index (χ0v) is 8.46. The molecule has 0 amide bonds. The number of alkyl halides is 3. The summed E-state index contributed by atoms with van der Waals surface area (Å²) >= 11 is 0. The largest absolute Gasteiger partial charge is 0.477 e. The smallest absolute Gasteiger partial charge is 0.422 e. The highest BCUT2D eigenvalue weighted by Gasteiger charge is 2.30. The zero-order valence-electron chi connectivity index (χ0n) is 8.46. The molecule has 0 atom stereocenters. The van der Waals surface area contributed by atoms with E-state index in [1.807, 2.05) is 0 Å². The molecule has 0 aromatic carbocycles. The van der Waals surface area contributed by atoms with E-state index in [1.54, 1.807) is 0 Å². The van der Waals surface area contributed by atoms with Crippen molar-refractivity contribution in [2.75, 3.05) is 20.8 Å². The Hall–Kier alpha value is -1.73. The average molecular weight is 242 g/mol. The van der Waals surface area contributed by atoms with Crippen molar-refractivity contribution in [1.82, 2.24) is 0 Å². The Morgan fingerprint density at radius 3 is 2.12 bits per heavy atom. The first-order valence-electron chi connectivity index (χ1n) is 3.87. The van der Waals surface area contributed by atoms with Crippen LogP contribution in [0.4, 0.5) is 13.2 Å². The van der Waals surface area contributed by atoms with Gasteiger partial charge >= 0.3 is 18.1 Å². The molecule has 0 rings (SSSR count). The van der Waals surface area contributed by atoms with Crippen LogP contribution in [0.25, 0.3) is 0 Å². The molecule has 0 aromatic rings. The maximum atomic E-state index is 11.8. The van der Waals surface area contributed by atoms with Gasteiger partial charge in [-0.15, -0.1) is 0 Å². The summed E-state index contributed by atoms with van der Waals surface area (Å²) < 4.78 is 47.7. The molecule has 0 spiro atoms. The predicted octanol–water partition coefficient (Wildman–Crippen LogP) is 0.795. The van der Waals surface area contributed by atoms with Crippen molar-refractivity contribution in [3.63, 3.8) is 0 Å². The van der Waals surface area contributed by atoms with Crippen LogP contribution in [-0.2, 0) is 23.8 Å². The lowest BCUT2D eigenvalue weighted by Gasteiger charge is -2.10. The molecule has 0 fully saturated rings. The molecule has 92 valence electrons. The van der Waals surface area contributed by atoms with Gasteiger partial charge in [-0.3, -0.25) is 0 Å². The first-order valence-corrected chi connectivity index (χ1v) is 3.87. The fourth-order valence-electron chi connectivity index (χ4n) is 0.586. The quantitative estimate of drug-likeness (QED) is 0.414. The Balaban J connectivity index is 4.63. The number of rotatable bonds is 4. The molecule has 0 unspecified atom stereocenters. The highest BCUT2D eigenvalue weighted by molar-refractivity contribution is 5.94. The van der Waals surface area contributed by atoms with E-state index < -0.39 is 30.5 Å². The topological polar surface area (TPSA) is 61.8 Å². The summed E-state index contributed by atoms with van der Waals surface area (Å²) in [5.41, 5.74) is 0. The molecule has 0 aliphatic rings. The predicted molar refractivity (Wildman–Crippen MR) is 44.1 cm³/mol. The Morgan fingerprint density at radius 1 is 1.19 bits per heavy atom. The minimum absolute atomic E-state index is 0.470. The summed E-state index contributed by atoms with van der Waals surface area (Å²) in [6.07, 6.45) is -4.15. The summed E-state index contributed by atoms with van der Waals surface area (Å²) in [5.74, 6) is -3.09. The molecule has 5 nitrogen and oxygen atoms in total. The van der Waals surface area contributed by atoms with Crippen molar-refractivity contribution in [1.29, 1.82) is 0 Å². The Labute approximate surface area is 88.8 Å². The second-order valence-corrected chi connectivity index (χ2v) is 2.43. The number of halogens is 3. The van der Waals surface area contributed by atoms with Gasteiger partial charge in [-0.25, -0.2) is 9.59 Å². The van der Waals surface area contributed by atoms with E-state index >= 15 is 0 Å². The molecule has 0 aliphatic carbocycles. The van der Waals surface area contributed by atoms with E-state index in [9.17, 15) is 22.8 Å². The normalized spacial score (nSPS) is 11.9. The molecule has 16 heavy (non-hydrogen) atoms. The number of hydrogen-bond acceptors (Lipinski definition) is 5. The lowest BCUT2D eigenvalue weighted by molar-refractivity contribution is -0.170. The number of hydrogen-bond donors (Lipinski definition) is 0.